The topological polar surface area (TPSA) is 98.0 Å². The molecule has 2 aromatic carbocycles. The molecule has 170 valence electrons. The number of nitrogens with zero attached hydrogens (tertiary/aromatic N) is 4. The van der Waals surface area contributed by atoms with E-state index >= 15 is 0 Å². The lowest BCUT2D eigenvalue weighted by Gasteiger charge is -2.31. The van der Waals surface area contributed by atoms with Crippen LogP contribution in [0.1, 0.15) is 5.56 Å². The third-order valence-electron chi connectivity index (χ3n) is 5.57. The van der Waals surface area contributed by atoms with E-state index in [1.165, 1.54) is 4.31 Å². The van der Waals surface area contributed by atoms with Crippen LogP contribution in [0.5, 0.6) is 11.5 Å². The minimum atomic E-state index is -3.62. The number of hydrogen-bond acceptors (Lipinski definition) is 8. The van der Waals surface area contributed by atoms with E-state index in [0.29, 0.717) is 60.3 Å². The SMILES string of the molecule is COc1ccc(-c2nnc(-c3ccc(C)c(S(=O)(=O)N4CCN(C)CC4)c3)o2)cc1OC. The summed E-state index contributed by atoms with van der Waals surface area (Å²) in [5.74, 6) is 1.67. The highest BCUT2D eigenvalue weighted by Crippen LogP contribution is 2.33. The maximum absolute atomic E-state index is 13.3. The maximum atomic E-state index is 13.3. The third-order valence-corrected chi connectivity index (χ3v) is 7.61. The number of aryl methyl sites for hydroxylation is 1. The summed E-state index contributed by atoms with van der Waals surface area (Å²) in [5.41, 5.74) is 1.88. The molecule has 1 saturated heterocycles. The van der Waals surface area contributed by atoms with Crippen LogP contribution in [0.15, 0.2) is 45.7 Å². The zero-order valence-corrected chi connectivity index (χ0v) is 19.3. The molecule has 0 radical (unpaired) electrons. The van der Waals surface area contributed by atoms with Crippen molar-refractivity contribution in [2.24, 2.45) is 0 Å². The summed E-state index contributed by atoms with van der Waals surface area (Å²) in [6.45, 7) is 4.13. The Balaban J connectivity index is 1.66. The number of methoxy groups -OCH3 is 2. The number of piperazine rings is 1. The molecule has 0 bridgehead atoms. The number of sulfonamides is 1. The summed E-state index contributed by atoms with van der Waals surface area (Å²) < 4.78 is 44.5. The number of aromatic nitrogens is 2. The van der Waals surface area contributed by atoms with Gasteiger partial charge in [-0.15, -0.1) is 10.2 Å². The lowest BCUT2D eigenvalue weighted by atomic mass is 10.1. The molecule has 0 saturated carbocycles. The first kappa shape index (κ1) is 22.3. The molecule has 0 spiro atoms. The molecule has 0 amide bonds. The molecule has 32 heavy (non-hydrogen) atoms. The molecule has 0 aliphatic carbocycles. The van der Waals surface area contributed by atoms with E-state index in [-0.39, 0.29) is 10.8 Å². The quantitative estimate of drug-likeness (QED) is 0.556. The van der Waals surface area contributed by atoms with Crippen LogP contribution in [-0.2, 0) is 10.0 Å². The van der Waals surface area contributed by atoms with Gasteiger partial charge in [0, 0.05) is 37.3 Å². The Morgan fingerprint density at radius 2 is 1.47 bits per heavy atom. The molecule has 0 unspecified atom stereocenters. The Hall–Kier alpha value is -2.95. The van der Waals surface area contributed by atoms with Crippen molar-refractivity contribution < 1.29 is 22.3 Å². The molecule has 3 aromatic rings. The van der Waals surface area contributed by atoms with Crippen molar-refractivity contribution in [2.45, 2.75) is 11.8 Å². The zero-order chi connectivity index (χ0) is 22.9. The summed E-state index contributed by atoms with van der Waals surface area (Å²) in [7, 11) is 1.48. The van der Waals surface area contributed by atoms with Crippen LogP contribution in [0.3, 0.4) is 0 Å². The highest BCUT2D eigenvalue weighted by molar-refractivity contribution is 7.89. The molecule has 2 heterocycles. The van der Waals surface area contributed by atoms with Crippen LogP contribution < -0.4 is 9.47 Å². The molecule has 1 aliphatic rings. The summed E-state index contributed by atoms with van der Waals surface area (Å²) in [6, 6.07) is 10.4. The predicted molar refractivity (Wildman–Crippen MR) is 119 cm³/mol. The first-order valence-corrected chi connectivity index (χ1v) is 11.6. The Labute approximate surface area is 187 Å². The smallest absolute Gasteiger partial charge is 0.248 e. The first-order chi connectivity index (χ1) is 15.3. The van der Waals surface area contributed by atoms with Crippen LogP contribution >= 0.6 is 0 Å². The fraction of sp³-hybridized carbons (Fsp3) is 0.364. The van der Waals surface area contributed by atoms with Gasteiger partial charge in [-0.2, -0.15) is 4.31 Å². The largest absolute Gasteiger partial charge is 0.493 e. The van der Waals surface area contributed by atoms with E-state index in [1.807, 2.05) is 7.05 Å². The second kappa shape index (κ2) is 8.89. The summed E-state index contributed by atoms with van der Waals surface area (Å²) in [5, 5.41) is 8.26. The average Bonchev–Trinajstić information content (AvgIpc) is 3.29. The van der Waals surface area contributed by atoms with E-state index < -0.39 is 10.0 Å². The number of hydrogen-bond donors (Lipinski definition) is 0. The Morgan fingerprint density at radius 1 is 0.875 bits per heavy atom. The number of benzene rings is 2. The fourth-order valence-corrected chi connectivity index (χ4v) is 5.28. The standard InChI is InChI=1S/C22H26N4O5S/c1-15-5-6-17(14-20(15)32(27,28)26-11-9-25(2)10-12-26)22-24-23-21(31-22)16-7-8-18(29-3)19(13-16)30-4/h5-8,13-14H,9-12H2,1-4H3. The maximum Gasteiger partial charge on any atom is 0.248 e. The molecule has 1 aromatic heterocycles. The van der Waals surface area contributed by atoms with E-state index in [2.05, 4.69) is 15.1 Å². The summed E-state index contributed by atoms with van der Waals surface area (Å²) in [4.78, 5) is 2.37. The van der Waals surface area contributed by atoms with E-state index in [1.54, 1.807) is 57.5 Å². The van der Waals surface area contributed by atoms with Gasteiger partial charge in [0.15, 0.2) is 11.5 Å². The molecule has 0 atom stereocenters. The third kappa shape index (κ3) is 4.21. The normalized spacial score (nSPS) is 15.6. The Kier molecular flexibility index (Phi) is 6.18. The predicted octanol–water partition coefficient (Wildman–Crippen LogP) is 2.67. The molecule has 1 fully saturated rings. The van der Waals surface area contributed by atoms with Crippen molar-refractivity contribution in [2.75, 3.05) is 47.4 Å². The molecular weight excluding hydrogens is 432 g/mol. The van der Waals surface area contributed by atoms with Crippen molar-refractivity contribution in [1.29, 1.82) is 0 Å². The van der Waals surface area contributed by atoms with Gasteiger partial charge in [-0.1, -0.05) is 6.07 Å². The van der Waals surface area contributed by atoms with Gasteiger partial charge in [-0.25, -0.2) is 8.42 Å². The zero-order valence-electron chi connectivity index (χ0n) is 18.5. The van der Waals surface area contributed by atoms with E-state index in [0.717, 1.165) is 0 Å². The van der Waals surface area contributed by atoms with Crippen LogP contribution in [0, 0.1) is 6.92 Å². The monoisotopic (exact) mass is 458 g/mol. The minimum Gasteiger partial charge on any atom is -0.493 e. The van der Waals surface area contributed by atoms with Gasteiger partial charge >= 0.3 is 0 Å². The van der Waals surface area contributed by atoms with Gasteiger partial charge in [0.1, 0.15) is 0 Å². The lowest BCUT2D eigenvalue weighted by molar-refractivity contribution is 0.222. The van der Waals surface area contributed by atoms with Crippen LogP contribution in [0.2, 0.25) is 0 Å². The van der Waals surface area contributed by atoms with Gasteiger partial charge in [-0.05, 0) is 49.9 Å². The average molecular weight is 459 g/mol. The van der Waals surface area contributed by atoms with Gasteiger partial charge in [0.05, 0.1) is 19.1 Å². The fourth-order valence-electron chi connectivity index (χ4n) is 3.60. The molecule has 10 heteroatoms. The highest BCUT2D eigenvalue weighted by atomic mass is 32.2. The van der Waals surface area contributed by atoms with Gasteiger partial charge in [0.25, 0.3) is 0 Å². The lowest BCUT2D eigenvalue weighted by Crippen LogP contribution is -2.47. The van der Waals surface area contributed by atoms with Crippen LogP contribution in [0.4, 0.5) is 0 Å². The molecule has 4 rings (SSSR count). The van der Waals surface area contributed by atoms with E-state index in [9.17, 15) is 8.42 Å². The van der Waals surface area contributed by atoms with Crippen molar-refractivity contribution in [3.8, 4) is 34.4 Å². The first-order valence-electron chi connectivity index (χ1n) is 10.2. The number of likely N-dealkylation sites (N-methyl/N-ethyl adjacent to an activating group) is 1. The molecular formula is C22H26N4O5S. The van der Waals surface area contributed by atoms with E-state index in [4.69, 9.17) is 13.9 Å². The second-order valence-electron chi connectivity index (χ2n) is 7.67. The molecule has 0 N–H and O–H groups in total. The van der Waals surface area contributed by atoms with Crippen molar-refractivity contribution in [3.63, 3.8) is 0 Å². The number of rotatable bonds is 6. The second-order valence-corrected chi connectivity index (χ2v) is 9.58. The Morgan fingerprint density at radius 3 is 2.09 bits per heavy atom. The van der Waals surface area contributed by atoms with Crippen molar-refractivity contribution in [1.82, 2.24) is 19.4 Å². The molecule has 1 aliphatic heterocycles. The van der Waals surface area contributed by atoms with Crippen molar-refractivity contribution >= 4 is 10.0 Å². The van der Waals surface area contributed by atoms with Gasteiger partial charge in [0.2, 0.25) is 21.8 Å². The summed E-state index contributed by atoms with van der Waals surface area (Å²) >= 11 is 0. The molecule has 9 nitrogen and oxygen atoms in total. The Bertz CT molecular complexity index is 1220. The number of ether oxygens (including phenoxy) is 2. The highest BCUT2D eigenvalue weighted by Gasteiger charge is 2.29. The summed E-state index contributed by atoms with van der Waals surface area (Å²) in [6.07, 6.45) is 0. The van der Waals surface area contributed by atoms with Crippen LogP contribution in [0.25, 0.3) is 22.9 Å². The van der Waals surface area contributed by atoms with Gasteiger partial charge in [-0.3, -0.25) is 0 Å². The minimum absolute atomic E-state index is 0.240. The van der Waals surface area contributed by atoms with Crippen molar-refractivity contribution in [3.05, 3.63) is 42.0 Å². The van der Waals surface area contributed by atoms with Gasteiger partial charge < -0.3 is 18.8 Å². The van der Waals surface area contributed by atoms with Crippen LogP contribution in [-0.4, -0.2) is 75.3 Å².